The Morgan fingerprint density at radius 1 is 1.13 bits per heavy atom. The Balaban J connectivity index is 1.50. The monoisotopic (exact) mass is 674 g/mol. The molecule has 11 nitrogen and oxygen atoms in total. The number of hydrogen-bond acceptors (Lipinski definition) is 8. The van der Waals surface area contributed by atoms with E-state index < -0.39 is 42.0 Å². The van der Waals surface area contributed by atoms with Gasteiger partial charge in [0.25, 0.3) is 0 Å². The molecule has 0 unspecified atom stereocenters. The molecular weight excluding hydrogens is 644 g/mol. The molecule has 3 heterocycles. The van der Waals surface area contributed by atoms with E-state index in [2.05, 4.69) is 36.9 Å². The summed E-state index contributed by atoms with van der Waals surface area (Å²) in [7, 11) is 0. The maximum atomic E-state index is 14.2. The van der Waals surface area contributed by atoms with Crippen LogP contribution in [-0.2, 0) is 39.4 Å². The molecule has 2 aliphatic heterocycles. The van der Waals surface area contributed by atoms with Crippen LogP contribution in [0.5, 0.6) is 5.75 Å². The Kier molecular flexibility index (Phi) is 8.10. The number of rotatable bonds is 5. The Hall–Kier alpha value is -4.68. The van der Waals surface area contributed by atoms with E-state index >= 15 is 0 Å². The standard InChI is InChI=1S/C33H31BrN4O7/c1-17(2)26-30-35-24(15-39)28(45-30)33(20-9-6-10-22(34)27(20)38-31(33)42)21-13-19(11-12-25(21)40)14-23(29(41)37-26)36-32(43)44-16-18-7-4-3-5-8-18/h3-13,17,23,26,39-40H,14-16H2,1-2H3,(H,36,43)(H,37,41)(H,38,42)/t23-,26+,33-/m0/s1. The summed E-state index contributed by atoms with van der Waals surface area (Å²) < 4.78 is 12.4. The Bertz CT molecular complexity index is 1790. The Labute approximate surface area is 267 Å². The van der Waals surface area contributed by atoms with Crippen LogP contribution in [0.1, 0.15) is 59.5 Å². The van der Waals surface area contributed by atoms with Crippen molar-refractivity contribution in [3.05, 3.63) is 111 Å². The molecule has 3 aromatic carbocycles. The number of aliphatic hydroxyl groups excluding tert-OH is 1. The number of nitrogens with one attached hydrogen (secondary N) is 3. The van der Waals surface area contributed by atoms with Crippen molar-refractivity contribution in [1.29, 1.82) is 0 Å². The molecule has 0 radical (unpaired) electrons. The van der Waals surface area contributed by atoms with Crippen LogP contribution in [0, 0.1) is 5.92 Å². The highest BCUT2D eigenvalue weighted by molar-refractivity contribution is 9.10. The zero-order valence-corrected chi connectivity index (χ0v) is 26.1. The lowest BCUT2D eigenvalue weighted by atomic mass is 9.71. The molecule has 3 amide bonds. The summed E-state index contributed by atoms with van der Waals surface area (Å²) in [5.41, 5.74) is 0.781. The number of halogens is 1. The van der Waals surface area contributed by atoms with Crippen molar-refractivity contribution in [2.45, 2.75) is 51.0 Å². The first-order valence-electron chi connectivity index (χ1n) is 14.4. The number of benzene rings is 3. The fraction of sp³-hybridized carbons (Fsp3) is 0.273. The maximum Gasteiger partial charge on any atom is 0.408 e. The number of anilines is 1. The molecule has 0 saturated carbocycles. The quantitative estimate of drug-likeness (QED) is 0.205. The minimum atomic E-state index is -1.75. The van der Waals surface area contributed by atoms with Gasteiger partial charge in [-0.25, -0.2) is 9.78 Å². The number of aliphatic hydroxyl groups is 1. The number of aromatic hydroxyl groups is 1. The van der Waals surface area contributed by atoms with Crippen LogP contribution in [0.2, 0.25) is 0 Å². The van der Waals surface area contributed by atoms with Crippen LogP contribution in [-0.4, -0.2) is 39.1 Å². The molecule has 12 heteroatoms. The zero-order valence-electron chi connectivity index (χ0n) is 24.5. The van der Waals surface area contributed by atoms with E-state index in [4.69, 9.17) is 9.15 Å². The predicted molar refractivity (Wildman–Crippen MR) is 166 cm³/mol. The van der Waals surface area contributed by atoms with Crippen molar-refractivity contribution < 1.29 is 33.8 Å². The van der Waals surface area contributed by atoms with Gasteiger partial charge in [0.1, 0.15) is 30.1 Å². The van der Waals surface area contributed by atoms with E-state index in [1.165, 1.54) is 6.07 Å². The third kappa shape index (κ3) is 5.33. The Morgan fingerprint density at radius 3 is 2.64 bits per heavy atom. The highest BCUT2D eigenvalue weighted by Gasteiger charge is 2.56. The van der Waals surface area contributed by atoms with E-state index in [1.54, 1.807) is 30.3 Å². The second-order valence-electron chi connectivity index (χ2n) is 11.4. The summed E-state index contributed by atoms with van der Waals surface area (Å²) in [5.74, 6) is -1.40. The van der Waals surface area contributed by atoms with Gasteiger partial charge < -0.3 is 35.3 Å². The average Bonchev–Trinajstić information content (AvgIpc) is 3.58. The summed E-state index contributed by atoms with van der Waals surface area (Å²) >= 11 is 3.51. The van der Waals surface area contributed by atoms with Gasteiger partial charge in [-0.15, -0.1) is 0 Å². The van der Waals surface area contributed by atoms with Gasteiger partial charge in [-0.3, -0.25) is 9.59 Å². The van der Waals surface area contributed by atoms with Crippen molar-refractivity contribution in [3.63, 3.8) is 0 Å². The lowest BCUT2D eigenvalue weighted by Crippen LogP contribution is -2.49. The van der Waals surface area contributed by atoms with Crippen molar-refractivity contribution in [1.82, 2.24) is 15.6 Å². The predicted octanol–water partition coefficient (Wildman–Crippen LogP) is 4.59. The number of nitrogens with zero attached hydrogens (tertiary/aromatic N) is 1. The summed E-state index contributed by atoms with van der Waals surface area (Å²) in [6, 6.07) is 17.2. The van der Waals surface area contributed by atoms with Crippen LogP contribution in [0.15, 0.2) is 75.6 Å². The lowest BCUT2D eigenvalue weighted by molar-refractivity contribution is -0.124. The number of ether oxygens (including phenoxy) is 1. The summed E-state index contributed by atoms with van der Waals surface area (Å²) in [4.78, 5) is 45.5. The van der Waals surface area contributed by atoms with Gasteiger partial charge in [0, 0.05) is 22.0 Å². The number of para-hydroxylation sites is 1. The Morgan fingerprint density at radius 2 is 1.91 bits per heavy atom. The molecule has 5 N–H and O–H groups in total. The number of fused-ring (bicyclic) bond motifs is 8. The second kappa shape index (κ2) is 12.0. The number of carbonyl (C=O) groups excluding carboxylic acids is 3. The van der Waals surface area contributed by atoms with E-state index in [9.17, 15) is 24.6 Å². The van der Waals surface area contributed by atoms with Crippen molar-refractivity contribution >= 4 is 39.5 Å². The van der Waals surface area contributed by atoms with Crippen molar-refractivity contribution in [2.75, 3.05) is 5.32 Å². The molecule has 3 atom stereocenters. The third-order valence-corrected chi connectivity index (χ3v) is 8.82. The SMILES string of the molecule is CC(C)[C@H]1NC(=O)[C@@H](NC(=O)OCc2ccccc2)Cc2ccc(O)c(c2)[C@]2(C(=O)Nc3c(Br)cccc32)c2oc1nc2CO. The van der Waals surface area contributed by atoms with Gasteiger partial charge in [-0.2, -0.15) is 0 Å². The fourth-order valence-corrected chi connectivity index (χ4v) is 6.41. The molecule has 4 bridgehead atoms. The largest absolute Gasteiger partial charge is 0.508 e. The van der Waals surface area contributed by atoms with E-state index in [0.29, 0.717) is 21.3 Å². The minimum absolute atomic E-state index is 0.00659. The lowest BCUT2D eigenvalue weighted by Gasteiger charge is -2.29. The molecule has 45 heavy (non-hydrogen) atoms. The molecular formula is C33H31BrN4O7. The fourth-order valence-electron chi connectivity index (χ4n) is 5.94. The molecule has 4 aromatic rings. The molecule has 1 aromatic heterocycles. The van der Waals surface area contributed by atoms with Gasteiger partial charge >= 0.3 is 6.09 Å². The molecule has 2 aliphatic rings. The normalized spacial score (nSPS) is 20.6. The first-order valence-corrected chi connectivity index (χ1v) is 15.2. The summed E-state index contributed by atoms with van der Waals surface area (Å²) in [6.07, 6.45) is -0.787. The number of phenols is 1. The molecule has 6 rings (SSSR count). The van der Waals surface area contributed by atoms with Gasteiger partial charge in [-0.05, 0) is 45.1 Å². The molecule has 0 aliphatic carbocycles. The number of oxazole rings is 1. The maximum absolute atomic E-state index is 14.2. The smallest absolute Gasteiger partial charge is 0.408 e. The molecule has 232 valence electrons. The van der Waals surface area contributed by atoms with E-state index in [0.717, 1.165) is 5.56 Å². The first kappa shape index (κ1) is 30.4. The van der Waals surface area contributed by atoms with Crippen molar-refractivity contribution in [2.24, 2.45) is 5.92 Å². The van der Waals surface area contributed by atoms with Gasteiger partial charge in [0.05, 0.1) is 12.3 Å². The second-order valence-corrected chi connectivity index (χ2v) is 12.3. The topological polar surface area (TPSA) is 163 Å². The average molecular weight is 676 g/mol. The number of amides is 3. The number of carbonyl (C=O) groups is 3. The van der Waals surface area contributed by atoms with Crippen LogP contribution in [0.3, 0.4) is 0 Å². The van der Waals surface area contributed by atoms with E-state index in [1.807, 2.05) is 44.2 Å². The third-order valence-electron chi connectivity index (χ3n) is 8.16. The molecule has 1 spiro atoms. The number of phenolic OH excluding ortho intramolecular Hbond substituents is 1. The van der Waals surface area contributed by atoms with E-state index in [-0.39, 0.29) is 47.6 Å². The summed E-state index contributed by atoms with van der Waals surface area (Å²) in [6.45, 7) is 3.14. The van der Waals surface area contributed by atoms with Crippen LogP contribution < -0.4 is 16.0 Å². The first-order chi connectivity index (χ1) is 21.6. The van der Waals surface area contributed by atoms with Crippen molar-refractivity contribution in [3.8, 4) is 5.75 Å². The van der Waals surface area contributed by atoms with Gasteiger partial charge in [0.2, 0.25) is 17.7 Å². The highest BCUT2D eigenvalue weighted by Crippen LogP contribution is 2.53. The van der Waals surface area contributed by atoms with Crippen LogP contribution in [0.25, 0.3) is 0 Å². The van der Waals surface area contributed by atoms with Gasteiger partial charge in [0.15, 0.2) is 11.2 Å². The van der Waals surface area contributed by atoms with Gasteiger partial charge in [-0.1, -0.05) is 68.4 Å². The van der Waals surface area contributed by atoms with Crippen LogP contribution >= 0.6 is 15.9 Å². The van der Waals surface area contributed by atoms with Crippen LogP contribution in [0.4, 0.5) is 10.5 Å². The molecule has 0 saturated heterocycles. The molecule has 0 fully saturated rings. The number of aromatic nitrogens is 1. The zero-order chi connectivity index (χ0) is 31.9. The number of hydrogen-bond donors (Lipinski definition) is 5. The highest BCUT2D eigenvalue weighted by atomic mass is 79.9. The minimum Gasteiger partial charge on any atom is -0.508 e. The number of alkyl carbamates (subject to hydrolysis) is 1. The summed E-state index contributed by atoms with van der Waals surface area (Å²) in [5, 5.41) is 30.4.